The maximum atomic E-state index is 13.3. The fourth-order valence-electron chi connectivity index (χ4n) is 2.31. The highest BCUT2D eigenvalue weighted by Crippen LogP contribution is 2.25. The third-order valence-corrected chi connectivity index (χ3v) is 3.37. The summed E-state index contributed by atoms with van der Waals surface area (Å²) in [5, 5.41) is 3.50. The summed E-state index contributed by atoms with van der Waals surface area (Å²) < 4.78 is 13.3. The first-order chi connectivity index (χ1) is 9.10. The summed E-state index contributed by atoms with van der Waals surface area (Å²) in [5.74, 6) is -0.182. The van der Waals surface area contributed by atoms with Crippen molar-refractivity contribution in [2.75, 3.05) is 5.32 Å². The highest BCUT2D eigenvalue weighted by molar-refractivity contribution is 5.53. The van der Waals surface area contributed by atoms with E-state index in [9.17, 15) is 4.39 Å². The van der Waals surface area contributed by atoms with Gasteiger partial charge in [-0.15, -0.1) is 0 Å². The second kappa shape index (κ2) is 5.87. The van der Waals surface area contributed by atoms with Crippen molar-refractivity contribution in [2.45, 2.75) is 33.2 Å². The second-order valence-electron chi connectivity index (χ2n) is 4.98. The van der Waals surface area contributed by atoms with E-state index in [1.165, 1.54) is 17.2 Å². The number of benzene rings is 2. The molecule has 1 N–H and O–H groups in total. The van der Waals surface area contributed by atoms with E-state index in [1.54, 1.807) is 12.1 Å². The van der Waals surface area contributed by atoms with Crippen LogP contribution in [0.15, 0.2) is 42.5 Å². The van der Waals surface area contributed by atoms with Gasteiger partial charge in [0, 0.05) is 5.69 Å². The first-order valence-electron chi connectivity index (χ1n) is 6.69. The Hall–Kier alpha value is -1.83. The zero-order valence-electron chi connectivity index (χ0n) is 11.7. The van der Waals surface area contributed by atoms with Crippen LogP contribution in [0.4, 0.5) is 10.1 Å². The molecule has 1 atom stereocenters. The Morgan fingerprint density at radius 3 is 2.53 bits per heavy atom. The Balaban J connectivity index is 2.24. The Morgan fingerprint density at radius 2 is 1.89 bits per heavy atom. The van der Waals surface area contributed by atoms with Gasteiger partial charge in [-0.25, -0.2) is 4.39 Å². The van der Waals surface area contributed by atoms with E-state index in [2.05, 4.69) is 44.3 Å². The average molecular weight is 257 g/mol. The molecule has 0 heterocycles. The molecule has 0 radical (unpaired) electrons. The minimum atomic E-state index is -0.182. The molecule has 1 nitrogen and oxygen atoms in total. The van der Waals surface area contributed by atoms with Gasteiger partial charge in [-0.3, -0.25) is 0 Å². The van der Waals surface area contributed by atoms with Gasteiger partial charge in [-0.1, -0.05) is 36.8 Å². The maximum Gasteiger partial charge on any atom is 0.123 e. The fourth-order valence-corrected chi connectivity index (χ4v) is 2.31. The molecule has 0 spiro atoms. The molecule has 0 saturated carbocycles. The van der Waals surface area contributed by atoms with Crippen LogP contribution in [-0.2, 0) is 0 Å². The quantitative estimate of drug-likeness (QED) is 0.812. The molecule has 1 unspecified atom stereocenters. The van der Waals surface area contributed by atoms with Crippen LogP contribution in [0.2, 0.25) is 0 Å². The summed E-state index contributed by atoms with van der Waals surface area (Å²) in [6.07, 6.45) is 0.913. The van der Waals surface area contributed by atoms with Gasteiger partial charge in [0.15, 0.2) is 0 Å². The molecule has 0 fully saturated rings. The van der Waals surface area contributed by atoms with Crippen LogP contribution in [0, 0.1) is 19.7 Å². The Bertz CT molecular complexity index is 563. The summed E-state index contributed by atoms with van der Waals surface area (Å²) in [4.78, 5) is 0. The van der Waals surface area contributed by atoms with Crippen molar-refractivity contribution < 1.29 is 4.39 Å². The zero-order chi connectivity index (χ0) is 13.8. The molecule has 2 rings (SSSR count). The van der Waals surface area contributed by atoms with E-state index < -0.39 is 0 Å². The van der Waals surface area contributed by atoms with Crippen molar-refractivity contribution >= 4 is 5.69 Å². The smallest absolute Gasteiger partial charge is 0.123 e. The predicted molar refractivity (Wildman–Crippen MR) is 79.0 cm³/mol. The molecule has 0 amide bonds. The van der Waals surface area contributed by atoms with Crippen LogP contribution in [0.25, 0.3) is 0 Å². The Labute approximate surface area is 114 Å². The van der Waals surface area contributed by atoms with Gasteiger partial charge < -0.3 is 5.32 Å². The monoisotopic (exact) mass is 257 g/mol. The lowest BCUT2D eigenvalue weighted by Crippen LogP contribution is -2.10. The third kappa shape index (κ3) is 3.34. The summed E-state index contributed by atoms with van der Waals surface area (Å²) in [7, 11) is 0. The Morgan fingerprint density at radius 1 is 1.11 bits per heavy atom. The van der Waals surface area contributed by atoms with Crippen LogP contribution in [0.5, 0.6) is 0 Å². The summed E-state index contributed by atoms with van der Waals surface area (Å²) in [5.41, 5.74) is 4.57. The number of rotatable bonds is 4. The summed E-state index contributed by atoms with van der Waals surface area (Å²) in [6.45, 7) is 6.28. The molecule has 0 bridgehead atoms. The Kier molecular flexibility index (Phi) is 4.20. The maximum absolute atomic E-state index is 13.3. The van der Waals surface area contributed by atoms with Gasteiger partial charge in [-0.2, -0.15) is 0 Å². The van der Waals surface area contributed by atoms with Crippen molar-refractivity contribution in [3.63, 3.8) is 0 Å². The first-order valence-corrected chi connectivity index (χ1v) is 6.69. The molecule has 2 heteroatoms. The van der Waals surface area contributed by atoms with E-state index in [1.807, 2.05) is 6.07 Å². The molecule has 0 aliphatic carbocycles. The number of aryl methyl sites for hydroxylation is 2. The molecular formula is C17H20FN. The minimum absolute atomic E-state index is 0.136. The topological polar surface area (TPSA) is 12.0 Å². The first kappa shape index (κ1) is 13.6. The lowest BCUT2D eigenvalue weighted by atomic mass is 10.0. The molecule has 0 aliphatic rings. The fraction of sp³-hybridized carbons (Fsp3) is 0.294. The van der Waals surface area contributed by atoms with Gasteiger partial charge >= 0.3 is 0 Å². The number of nitrogens with one attached hydrogen (secondary N) is 1. The minimum Gasteiger partial charge on any atom is -0.378 e. The summed E-state index contributed by atoms with van der Waals surface area (Å²) in [6, 6.07) is 13.3. The van der Waals surface area contributed by atoms with E-state index in [0.717, 1.165) is 17.7 Å². The van der Waals surface area contributed by atoms with E-state index in [-0.39, 0.29) is 11.9 Å². The van der Waals surface area contributed by atoms with Gasteiger partial charge in [0.1, 0.15) is 5.82 Å². The molecule has 0 aromatic heterocycles. The SMILES string of the molecule is CCC(Nc1ccc(C)cc1C)c1cccc(F)c1. The van der Waals surface area contributed by atoms with E-state index >= 15 is 0 Å². The van der Waals surface area contributed by atoms with Crippen molar-refractivity contribution in [2.24, 2.45) is 0 Å². The number of anilines is 1. The largest absolute Gasteiger partial charge is 0.378 e. The van der Waals surface area contributed by atoms with Crippen molar-refractivity contribution in [1.82, 2.24) is 0 Å². The standard InChI is InChI=1S/C17H20FN/c1-4-16(14-6-5-7-15(18)11-14)19-17-9-8-12(2)10-13(17)3/h5-11,16,19H,4H2,1-3H3. The second-order valence-corrected chi connectivity index (χ2v) is 4.98. The molecular weight excluding hydrogens is 237 g/mol. The van der Waals surface area contributed by atoms with Crippen molar-refractivity contribution in [1.29, 1.82) is 0 Å². The van der Waals surface area contributed by atoms with Crippen LogP contribution in [-0.4, -0.2) is 0 Å². The van der Waals surface area contributed by atoms with Crippen LogP contribution in [0.1, 0.15) is 36.1 Å². The number of hydrogen-bond acceptors (Lipinski definition) is 1. The normalized spacial score (nSPS) is 12.2. The van der Waals surface area contributed by atoms with Crippen LogP contribution >= 0.6 is 0 Å². The van der Waals surface area contributed by atoms with E-state index in [0.29, 0.717) is 0 Å². The molecule has 2 aromatic carbocycles. The van der Waals surface area contributed by atoms with Crippen molar-refractivity contribution in [3.05, 3.63) is 65.0 Å². The zero-order valence-corrected chi connectivity index (χ0v) is 11.7. The van der Waals surface area contributed by atoms with Gasteiger partial charge in [-0.05, 0) is 49.6 Å². The molecule has 2 aromatic rings. The van der Waals surface area contributed by atoms with Crippen LogP contribution in [0.3, 0.4) is 0 Å². The number of hydrogen-bond donors (Lipinski definition) is 1. The third-order valence-electron chi connectivity index (χ3n) is 3.37. The van der Waals surface area contributed by atoms with Crippen LogP contribution < -0.4 is 5.32 Å². The highest BCUT2D eigenvalue weighted by Gasteiger charge is 2.10. The molecule has 0 saturated heterocycles. The van der Waals surface area contributed by atoms with Gasteiger partial charge in [0.05, 0.1) is 6.04 Å². The number of halogens is 1. The lowest BCUT2D eigenvalue weighted by Gasteiger charge is -2.20. The van der Waals surface area contributed by atoms with Gasteiger partial charge in [0.2, 0.25) is 0 Å². The molecule has 0 aliphatic heterocycles. The van der Waals surface area contributed by atoms with Crippen molar-refractivity contribution in [3.8, 4) is 0 Å². The predicted octanol–water partition coefficient (Wildman–Crippen LogP) is 5.01. The molecule has 100 valence electrons. The molecule has 19 heavy (non-hydrogen) atoms. The van der Waals surface area contributed by atoms with Gasteiger partial charge in [0.25, 0.3) is 0 Å². The summed E-state index contributed by atoms with van der Waals surface area (Å²) >= 11 is 0. The lowest BCUT2D eigenvalue weighted by molar-refractivity contribution is 0.621. The highest BCUT2D eigenvalue weighted by atomic mass is 19.1. The van der Waals surface area contributed by atoms with E-state index in [4.69, 9.17) is 0 Å². The average Bonchev–Trinajstić information content (AvgIpc) is 2.38.